The third kappa shape index (κ3) is 9.38. The van der Waals surface area contributed by atoms with E-state index in [1.807, 2.05) is 68.4 Å². The highest BCUT2D eigenvalue weighted by molar-refractivity contribution is 7.92. The first-order chi connectivity index (χ1) is 19.5. The smallest absolute Gasteiger partial charge is 0.243 e. The van der Waals surface area contributed by atoms with Gasteiger partial charge in [-0.2, -0.15) is 0 Å². The van der Waals surface area contributed by atoms with Crippen molar-refractivity contribution in [2.75, 3.05) is 23.7 Å². The highest BCUT2D eigenvalue weighted by Crippen LogP contribution is 2.22. The van der Waals surface area contributed by atoms with Gasteiger partial charge in [-0.05, 0) is 43.0 Å². The molecule has 41 heavy (non-hydrogen) atoms. The molecule has 3 aromatic rings. The third-order valence-corrected chi connectivity index (χ3v) is 7.79. The number of hydrogen-bond acceptors (Lipinski definition) is 4. The second kappa shape index (κ2) is 14.7. The standard InChI is InChI=1S/C31H37F2N3O4S/c1-4-17-34-31(38)29(20-24-11-6-5-7-12-24)35(22-25-13-8-10-23(2)19-25)30(37)14-9-18-36(41(3,39)40)26-15-16-27(32)28(33)21-26/h5-8,10-13,15-16,19,21,29H,4,9,14,17-18,20,22H2,1-3H3,(H,34,38)/t29-/m0/s1. The summed E-state index contributed by atoms with van der Waals surface area (Å²) >= 11 is 0. The molecular formula is C31H37F2N3O4S. The maximum absolute atomic E-state index is 13.9. The third-order valence-electron chi connectivity index (χ3n) is 6.60. The molecule has 0 aliphatic rings. The molecule has 0 bridgehead atoms. The van der Waals surface area contributed by atoms with E-state index in [1.54, 1.807) is 4.90 Å². The summed E-state index contributed by atoms with van der Waals surface area (Å²) in [7, 11) is -3.84. The fourth-order valence-electron chi connectivity index (χ4n) is 4.57. The zero-order valence-corrected chi connectivity index (χ0v) is 24.5. The zero-order chi connectivity index (χ0) is 30.0. The minimum atomic E-state index is -3.84. The first-order valence-corrected chi connectivity index (χ1v) is 15.4. The molecule has 0 saturated carbocycles. The van der Waals surface area contributed by atoms with Crippen LogP contribution in [0.25, 0.3) is 0 Å². The molecular weight excluding hydrogens is 548 g/mol. The Morgan fingerprint density at radius 3 is 2.27 bits per heavy atom. The van der Waals surface area contributed by atoms with Crippen molar-refractivity contribution in [1.29, 1.82) is 0 Å². The Balaban J connectivity index is 1.88. The first-order valence-electron chi connectivity index (χ1n) is 13.6. The molecule has 0 aromatic heterocycles. The molecule has 0 heterocycles. The number of amides is 2. The van der Waals surface area contributed by atoms with Crippen molar-refractivity contribution >= 4 is 27.5 Å². The molecule has 0 spiro atoms. The van der Waals surface area contributed by atoms with Crippen LogP contribution in [0.1, 0.15) is 42.9 Å². The Hall–Kier alpha value is -3.79. The summed E-state index contributed by atoms with van der Waals surface area (Å²) in [6.07, 6.45) is 2.05. The van der Waals surface area contributed by atoms with Crippen molar-refractivity contribution in [2.24, 2.45) is 0 Å². The van der Waals surface area contributed by atoms with Crippen molar-refractivity contribution < 1.29 is 26.8 Å². The van der Waals surface area contributed by atoms with Gasteiger partial charge in [-0.15, -0.1) is 0 Å². The number of aryl methyl sites for hydroxylation is 1. The minimum Gasteiger partial charge on any atom is -0.354 e. The number of carbonyl (C=O) groups excluding carboxylic acids is 2. The van der Waals surface area contributed by atoms with Crippen LogP contribution in [0.15, 0.2) is 72.8 Å². The second-order valence-electron chi connectivity index (χ2n) is 10.0. The van der Waals surface area contributed by atoms with Gasteiger partial charge in [-0.3, -0.25) is 13.9 Å². The Kier molecular flexibility index (Phi) is 11.4. The van der Waals surface area contributed by atoms with Gasteiger partial charge in [0.2, 0.25) is 21.8 Å². The van der Waals surface area contributed by atoms with Crippen LogP contribution in [0.5, 0.6) is 0 Å². The van der Waals surface area contributed by atoms with Crippen LogP contribution < -0.4 is 9.62 Å². The maximum atomic E-state index is 13.9. The van der Waals surface area contributed by atoms with Crippen LogP contribution >= 0.6 is 0 Å². The fourth-order valence-corrected chi connectivity index (χ4v) is 5.53. The Labute approximate surface area is 241 Å². The largest absolute Gasteiger partial charge is 0.354 e. The molecule has 0 saturated heterocycles. The van der Waals surface area contributed by atoms with Crippen LogP contribution in [0.3, 0.4) is 0 Å². The molecule has 7 nitrogen and oxygen atoms in total. The van der Waals surface area contributed by atoms with E-state index in [1.165, 1.54) is 6.07 Å². The second-order valence-corrected chi connectivity index (χ2v) is 12.0. The van der Waals surface area contributed by atoms with Gasteiger partial charge in [-0.25, -0.2) is 17.2 Å². The number of benzene rings is 3. The lowest BCUT2D eigenvalue weighted by molar-refractivity contribution is -0.141. The highest BCUT2D eigenvalue weighted by atomic mass is 32.2. The Bertz CT molecular complexity index is 1430. The SMILES string of the molecule is CCCNC(=O)[C@H](Cc1ccccc1)N(Cc1cccc(C)c1)C(=O)CCCN(c1ccc(F)c(F)c1)S(C)(=O)=O. The van der Waals surface area contributed by atoms with Gasteiger partial charge in [0, 0.05) is 38.5 Å². The lowest BCUT2D eigenvalue weighted by Crippen LogP contribution is -2.50. The number of sulfonamides is 1. The van der Waals surface area contributed by atoms with Crippen LogP contribution in [0.4, 0.5) is 14.5 Å². The van der Waals surface area contributed by atoms with E-state index in [0.29, 0.717) is 13.0 Å². The number of hydrogen-bond donors (Lipinski definition) is 1. The number of anilines is 1. The minimum absolute atomic E-state index is 0.0311. The average Bonchev–Trinajstić information content (AvgIpc) is 2.93. The molecule has 10 heteroatoms. The van der Waals surface area contributed by atoms with Gasteiger partial charge < -0.3 is 10.2 Å². The van der Waals surface area contributed by atoms with Crippen molar-refractivity contribution in [3.63, 3.8) is 0 Å². The van der Waals surface area contributed by atoms with Gasteiger partial charge >= 0.3 is 0 Å². The van der Waals surface area contributed by atoms with Crippen molar-refractivity contribution in [3.05, 3.63) is 101 Å². The van der Waals surface area contributed by atoms with Gasteiger partial charge in [0.25, 0.3) is 0 Å². The topological polar surface area (TPSA) is 86.8 Å². The van der Waals surface area contributed by atoms with E-state index < -0.39 is 27.7 Å². The van der Waals surface area contributed by atoms with Gasteiger partial charge in [-0.1, -0.05) is 67.1 Å². The van der Waals surface area contributed by atoms with Gasteiger partial charge in [0.15, 0.2) is 11.6 Å². The van der Waals surface area contributed by atoms with Crippen LogP contribution in [-0.2, 0) is 32.6 Å². The quantitative estimate of drug-likeness (QED) is 0.289. The van der Waals surface area contributed by atoms with E-state index in [0.717, 1.165) is 45.8 Å². The summed E-state index contributed by atoms with van der Waals surface area (Å²) in [6.45, 7) is 4.43. The summed E-state index contributed by atoms with van der Waals surface area (Å²) in [5, 5.41) is 2.92. The zero-order valence-electron chi connectivity index (χ0n) is 23.6. The molecule has 2 amide bonds. The van der Waals surface area contributed by atoms with E-state index >= 15 is 0 Å². The van der Waals surface area contributed by atoms with E-state index in [4.69, 9.17) is 0 Å². The fraction of sp³-hybridized carbons (Fsp3) is 0.355. The lowest BCUT2D eigenvalue weighted by atomic mass is 10.0. The molecule has 0 unspecified atom stereocenters. The molecule has 1 N–H and O–H groups in total. The molecule has 1 atom stereocenters. The van der Waals surface area contributed by atoms with Crippen molar-refractivity contribution in [3.8, 4) is 0 Å². The molecule has 3 rings (SSSR count). The number of rotatable bonds is 14. The molecule has 0 fully saturated rings. The molecule has 220 valence electrons. The monoisotopic (exact) mass is 585 g/mol. The number of carbonyl (C=O) groups is 2. The van der Waals surface area contributed by atoms with Crippen molar-refractivity contribution in [2.45, 2.75) is 52.1 Å². The number of nitrogens with zero attached hydrogens (tertiary/aromatic N) is 2. The molecule has 0 radical (unpaired) electrons. The Morgan fingerprint density at radius 2 is 1.63 bits per heavy atom. The van der Waals surface area contributed by atoms with E-state index in [2.05, 4.69) is 5.32 Å². The molecule has 0 aliphatic carbocycles. The lowest BCUT2D eigenvalue weighted by Gasteiger charge is -2.32. The van der Waals surface area contributed by atoms with Crippen molar-refractivity contribution in [1.82, 2.24) is 10.2 Å². The average molecular weight is 586 g/mol. The summed E-state index contributed by atoms with van der Waals surface area (Å²) < 4.78 is 53.2. The molecule has 3 aromatic carbocycles. The first kappa shape index (κ1) is 31.7. The van der Waals surface area contributed by atoms with Gasteiger partial charge in [0.05, 0.1) is 11.9 Å². The predicted octanol–water partition coefficient (Wildman–Crippen LogP) is 4.99. The van der Waals surface area contributed by atoms with Crippen LogP contribution in [-0.4, -0.2) is 50.5 Å². The van der Waals surface area contributed by atoms with Crippen LogP contribution in [0, 0.1) is 18.6 Å². The summed E-state index contributed by atoms with van der Waals surface area (Å²) in [6, 6.07) is 19.2. The number of nitrogens with one attached hydrogen (secondary N) is 1. The summed E-state index contributed by atoms with van der Waals surface area (Å²) in [5.41, 5.74) is 2.74. The van der Waals surface area contributed by atoms with E-state index in [9.17, 15) is 26.8 Å². The van der Waals surface area contributed by atoms with Crippen LogP contribution in [0.2, 0.25) is 0 Å². The summed E-state index contributed by atoms with van der Waals surface area (Å²) in [5.74, 6) is -2.84. The highest BCUT2D eigenvalue weighted by Gasteiger charge is 2.30. The normalized spacial score (nSPS) is 12.0. The maximum Gasteiger partial charge on any atom is 0.243 e. The predicted molar refractivity (Wildman–Crippen MR) is 157 cm³/mol. The van der Waals surface area contributed by atoms with Gasteiger partial charge in [0.1, 0.15) is 6.04 Å². The Morgan fingerprint density at radius 1 is 0.927 bits per heavy atom. The summed E-state index contributed by atoms with van der Waals surface area (Å²) in [4.78, 5) is 28.7. The number of halogens is 2. The molecule has 0 aliphatic heterocycles. The van der Waals surface area contributed by atoms with E-state index in [-0.39, 0.29) is 43.4 Å².